The maximum atomic E-state index is 11.3. The number of thioether (sulfide) groups is 1. The van der Waals surface area contributed by atoms with Crippen LogP contribution in [0, 0.1) is 0 Å². The zero-order valence-corrected chi connectivity index (χ0v) is 21.8. The number of carbonyl (C=O) groups excluding carboxylic acids is 2. The third-order valence-electron chi connectivity index (χ3n) is 6.02. The van der Waals surface area contributed by atoms with Gasteiger partial charge in [-0.05, 0) is 41.0 Å². The molecule has 1 fully saturated rings. The van der Waals surface area contributed by atoms with Gasteiger partial charge in [-0.2, -0.15) is 0 Å². The van der Waals surface area contributed by atoms with Gasteiger partial charge in [0.1, 0.15) is 0 Å². The zero-order valence-electron chi connectivity index (χ0n) is 21.0. The maximum Gasteiger partial charge on any atom is 0.221 e. The molecule has 1 aliphatic heterocycles. The van der Waals surface area contributed by atoms with E-state index in [0.29, 0.717) is 13.0 Å². The van der Waals surface area contributed by atoms with E-state index in [1.54, 1.807) is 11.8 Å². The van der Waals surface area contributed by atoms with E-state index in [9.17, 15) is 14.7 Å². The molecule has 0 saturated carbocycles. The lowest BCUT2D eigenvalue weighted by molar-refractivity contribution is -0.245. The molecule has 3 aromatic rings. The van der Waals surface area contributed by atoms with E-state index in [4.69, 9.17) is 9.47 Å². The maximum absolute atomic E-state index is 11.3. The molecule has 0 bridgehead atoms. The van der Waals surface area contributed by atoms with E-state index < -0.39 is 6.29 Å². The standard InChI is InChI=1S/C29H32N2O5S/c1-19(33)30-16-21-3-9-24(10-4-21)29-35-26(15-28(36-29)23-7-5-22(17-32)6-8-23)18-37-27-13-11-25(12-14-27)31-20(2)34/h3-14,26,28-29,32H,15-18H2,1-2H3,(H,30,33)(H,31,34)/t26-,28+,29+/m0/s1. The second-order valence-corrected chi connectivity index (χ2v) is 10.1. The minimum atomic E-state index is -0.529. The van der Waals surface area contributed by atoms with Crippen LogP contribution in [-0.2, 0) is 32.2 Å². The van der Waals surface area contributed by atoms with Crippen LogP contribution in [-0.4, -0.2) is 28.8 Å². The minimum absolute atomic E-state index is 0.00235. The number of amides is 2. The summed E-state index contributed by atoms with van der Waals surface area (Å²) in [5, 5.41) is 15.0. The summed E-state index contributed by atoms with van der Waals surface area (Å²) in [5.41, 5.74) is 4.59. The SMILES string of the molecule is CC(=O)NCc1ccc([C@@H]2O[C@H](CSc3ccc(NC(C)=O)cc3)C[C@H](c3ccc(CO)cc3)O2)cc1. The second-order valence-electron chi connectivity index (χ2n) is 9.02. The number of hydrogen-bond donors (Lipinski definition) is 3. The van der Waals surface area contributed by atoms with Crippen LogP contribution in [0.2, 0.25) is 0 Å². The highest BCUT2D eigenvalue weighted by Gasteiger charge is 2.32. The van der Waals surface area contributed by atoms with Crippen molar-refractivity contribution < 1.29 is 24.2 Å². The molecule has 4 rings (SSSR count). The summed E-state index contributed by atoms with van der Waals surface area (Å²) in [4.78, 5) is 23.6. The quantitative estimate of drug-likeness (QED) is 0.339. The van der Waals surface area contributed by atoms with Gasteiger partial charge in [-0.15, -0.1) is 11.8 Å². The molecule has 3 N–H and O–H groups in total. The van der Waals surface area contributed by atoms with Crippen LogP contribution < -0.4 is 10.6 Å². The van der Waals surface area contributed by atoms with E-state index in [1.165, 1.54) is 13.8 Å². The van der Waals surface area contributed by atoms with Crippen molar-refractivity contribution in [3.63, 3.8) is 0 Å². The minimum Gasteiger partial charge on any atom is -0.392 e. The zero-order chi connectivity index (χ0) is 26.2. The van der Waals surface area contributed by atoms with Gasteiger partial charge in [0.25, 0.3) is 0 Å². The predicted molar refractivity (Wildman–Crippen MR) is 144 cm³/mol. The van der Waals surface area contributed by atoms with Crippen LogP contribution in [0.1, 0.15) is 54.9 Å². The van der Waals surface area contributed by atoms with Crippen LogP contribution in [0.3, 0.4) is 0 Å². The van der Waals surface area contributed by atoms with Gasteiger partial charge in [0.2, 0.25) is 11.8 Å². The van der Waals surface area contributed by atoms with Crippen molar-refractivity contribution in [3.8, 4) is 0 Å². The molecule has 8 heteroatoms. The third kappa shape index (κ3) is 7.90. The lowest BCUT2D eigenvalue weighted by atomic mass is 10.0. The lowest BCUT2D eigenvalue weighted by Gasteiger charge is -2.36. The Balaban J connectivity index is 1.47. The summed E-state index contributed by atoms with van der Waals surface area (Å²) < 4.78 is 12.8. The van der Waals surface area contributed by atoms with Gasteiger partial charge in [-0.1, -0.05) is 48.5 Å². The first-order valence-electron chi connectivity index (χ1n) is 12.2. The normalized spacial score (nSPS) is 19.3. The van der Waals surface area contributed by atoms with Crippen molar-refractivity contribution in [1.29, 1.82) is 0 Å². The van der Waals surface area contributed by atoms with Gasteiger partial charge < -0.3 is 25.2 Å². The Bertz CT molecular complexity index is 1180. The Morgan fingerprint density at radius 3 is 2.14 bits per heavy atom. The highest BCUT2D eigenvalue weighted by atomic mass is 32.2. The summed E-state index contributed by atoms with van der Waals surface area (Å²) in [7, 11) is 0. The summed E-state index contributed by atoms with van der Waals surface area (Å²) in [6, 6.07) is 23.5. The molecule has 194 valence electrons. The first kappa shape index (κ1) is 26.9. The molecule has 0 unspecified atom stereocenters. The van der Waals surface area contributed by atoms with E-state index in [1.807, 2.05) is 72.8 Å². The molecule has 7 nitrogen and oxygen atoms in total. The Kier molecular flexibility index (Phi) is 9.35. The van der Waals surface area contributed by atoms with Gasteiger partial charge >= 0.3 is 0 Å². The molecule has 0 spiro atoms. The Morgan fingerprint density at radius 2 is 1.51 bits per heavy atom. The smallest absolute Gasteiger partial charge is 0.221 e. The molecule has 37 heavy (non-hydrogen) atoms. The Labute approximate surface area is 221 Å². The van der Waals surface area contributed by atoms with Crippen molar-refractivity contribution in [3.05, 3.63) is 95.1 Å². The summed E-state index contributed by atoms with van der Waals surface area (Å²) >= 11 is 1.70. The summed E-state index contributed by atoms with van der Waals surface area (Å²) in [5.74, 6) is 0.581. The number of anilines is 1. The molecule has 3 atom stereocenters. The number of benzene rings is 3. The molecule has 3 aromatic carbocycles. The number of ether oxygens (including phenoxy) is 2. The monoisotopic (exact) mass is 520 g/mol. The average molecular weight is 521 g/mol. The van der Waals surface area contributed by atoms with Gasteiger partial charge in [-0.25, -0.2) is 0 Å². The fourth-order valence-electron chi connectivity index (χ4n) is 4.07. The van der Waals surface area contributed by atoms with E-state index in [2.05, 4.69) is 10.6 Å². The number of nitrogens with one attached hydrogen (secondary N) is 2. The topological polar surface area (TPSA) is 96.9 Å². The summed E-state index contributed by atoms with van der Waals surface area (Å²) in [6.07, 6.45) is -0.0375. The Hall–Kier alpha value is -3.17. The number of aliphatic hydroxyl groups excluding tert-OH is 1. The Morgan fingerprint density at radius 1 is 0.865 bits per heavy atom. The van der Waals surface area contributed by atoms with Crippen molar-refractivity contribution in [2.75, 3.05) is 11.1 Å². The molecule has 2 amide bonds. The van der Waals surface area contributed by atoms with Crippen LogP contribution in [0.15, 0.2) is 77.7 Å². The van der Waals surface area contributed by atoms with Gasteiger partial charge in [0.15, 0.2) is 6.29 Å². The molecular weight excluding hydrogens is 488 g/mol. The van der Waals surface area contributed by atoms with Crippen molar-refractivity contribution in [2.24, 2.45) is 0 Å². The fraction of sp³-hybridized carbons (Fsp3) is 0.310. The van der Waals surface area contributed by atoms with Crippen LogP contribution >= 0.6 is 11.8 Å². The number of rotatable bonds is 9. The molecule has 1 heterocycles. The molecular formula is C29H32N2O5S. The third-order valence-corrected chi connectivity index (χ3v) is 7.16. The summed E-state index contributed by atoms with van der Waals surface area (Å²) in [6.45, 7) is 3.47. The molecule has 1 saturated heterocycles. The molecule has 0 aliphatic carbocycles. The molecule has 0 aromatic heterocycles. The predicted octanol–water partition coefficient (Wildman–Crippen LogP) is 5.11. The van der Waals surface area contributed by atoms with Gasteiger partial charge in [0.05, 0.1) is 18.8 Å². The van der Waals surface area contributed by atoms with Gasteiger partial charge in [0, 0.05) is 48.7 Å². The first-order chi connectivity index (χ1) is 17.9. The number of carbonyl (C=O) groups is 2. The molecule has 0 radical (unpaired) electrons. The fourth-order valence-corrected chi connectivity index (χ4v) is 4.99. The van der Waals surface area contributed by atoms with Crippen LogP contribution in [0.4, 0.5) is 5.69 Å². The highest BCUT2D eigenvalue weighted by Crippen LogP contribution is 2.39. The second kappa shape index (κ2) is 12.9. The number of hydrogen-bond acceptors (Lipinski definition) is 6. The highest BCUT2D eigenvalue weighted by molar-refractivity contribution is 7.99. The average Bonchev–Trinajstić information content (AvgIpc) is 2.91. The van der Waals surface area contributed by atoms with Crippen LogP contribution in [0.25, 0.3) is 0 Å². The number of aliphatic hydroxyl groups is 1. The lowest BCUT2D eigenvalue weighted by Crippen LogP contribution is -2.31. The van der Waals surface area contributed by atoms with Crippen LogP contribution in [0.5, 0.6) is 0 Å². The molecule has 1 aliphatic rings. The van der Waals surface area contributed by atoms with Gasteiger partial charge in [-0.3, -0.25) is 9.59 Å². The van der Waals surface area contributed by atoms with E-state index in [0.717, 1.165) is 38.6 Å². The van der Waals surface area contributed by atoms with Crippen molar-refractivity contribution >= 4 is 29.3 Å². The van der Waals surface area contributed by atoms with Crippen molar-refractivity contribution in [2.45, 2.75) is 56.8 Å². The largest absolute Gasteiger partial charge is 0.392 e. The van der Waals surface area contributed by atoms with E-state index >= 15 is 0 Å². The van der Waals surface area contributed by atoms with E-state index in [-0.39, 0.29) is 30.6 Å². The van der Waals surface area contributed by atoms with Crippen molar-refractivity contribution in [1.82, 2.24) is 5.32 Å². The first-order valence-corrected chi connectivity index (χ1v) is 13.2.